The molecule has 1 amide bonds. The summed E-state index contributed by atoms with van der Waals surface area (Å²) in [5, 5.41) is 2.95. The van der Waals surface area contributed by atoms with Gasteiger partial charge in [0.15, 0.2) is 0 Å². The molecular formula is C15H16BrIN2O. The number of nitrogens with one attached hydrogen (secondary N) is 1. The van der Waals surface area contributed by atoms with Gasteiger partial charge in [0.2, 0.25) is 0 Å². The van der Waals surface area contributed by atoms with Crippen molar-refractivity contribution in [2.24, 2.45) is 0 Å². The molecule has 106 valence electrons. The van der Waals surface area contributed by atoms with Crippen molar-refractivity contribution in [1.29, 1.82) is 0 Å². The second-order valence-electron chi connectivity index (χ2n) is 4.96. The number of halogens is 2. The van der Waals surface area contributed by atoms with Crippen molar-refractivity contribution in [1.82, 2.24) is 4.57 Å². The van der Waals surface area contributed by atoms with Crippen molar-refractivity contribution in [2.75, 3.05) is 5.32 Å². The fourth-order valence-electron chi connectivity index (χ4n) is 1.92. The zero-order chi connectivity index (χ0) is 14.9. The lowest BCUT2D eigenvalue weighted by Gasteiger charge is -2.13. The molecule has 0 unspecified atom stereocenters. The third kappa shape index (κ3) is 3.44. The largest absolute Gasteiger partial charge is 0.340 e. The van der Waals surface area contributed by atoms with E-state index >= 15 is 0 Å². The molecule has 0 atom stereocenters. The van der Waals surface area contributed by atoms with Crippen LogP contribution < -0.4 is 5.32 Å². The number of carbonyl (C=O) groups excluding carboxylic acids is 1. The molecule has 0 saturated carbocycles. The fourth-order valence-corrected chi connectivity index (χ4v) is 2.87. The monoisotopic (exact) mass is 446 g/mol. The van der Waals surface area contributed by atoms with Gasteiger partial charge in [-0.2, -0.15) is 0 Å². The molecule has 2 aromatic rings. The maximum absolute atomic E-state index is 12.4. The molecule has 0 spiro atoms. The number of rotatable bonds is 3. The van der Waals surface area contributed by atoms with E-state index in [0.717, 1.165) is 13.7 Å². The van der Waals surface area contributed by atoms with E-state index in [9.17, 15) is 4.79 Å². The Labute approximate surface area is 141 Å². The van der Waals surface area contributed by atoms with Gasteiger partial charge in [-0.25, -0.2) is 0 Å². The number of aromatic nitrogens is 1. The first-order valence-corrected chi connectivity index (χ1v) is 8.20. The van der Waals surface area contributed by atoms with Crippen LogP contribution in [-0.2, 0) is 0 Å². The van der Waals surface area contributed by atoms with Crippen molar-refractivity contribution in [2.45, 2.75) is 26.8 Å². The highest BCUT2D eigenvalue weighted by Gasteiger charge is 2.15. The van der Waals surface area contributed by atoms with Crippen molar-refractivity contribution >= 4 is 50.1 Å². The normalized spacial score (nSPS) is 10.9. The van der Waals surface area contributed by atoms with Gasteiger partial charge in [0.25, 0.3) is 5.91 Å². The van der Waals surface area contributed by atoms with Crippen LogP contribution in [0.15, 0.2) is 34.9 Å². The molecule has 0 fully saturated rings. The van der Waals surface area contributed by atoms with Crippen molar-refractivity contribution in [3.63, 3.8) is 0 Å². The van der Waals surface area contributed by atoms with E-state index in [2.05, 4.69) is 64.6 Å². The van der Waals surface area contributed by atoms with Crippen LogP contribution in [0.4, 0.5) is 5.69 Å². The second-order valence-corrected chi connectivity index (χ2v) is 7.04. The molecule has 1 N–H and O–H groups in total. The lowest BCUT2D eigenvalue weighted by molar-refractivity contribution is 0.101. The Hall–Kier alpha value is -0.820. The van der Waals surface area contributed by atoms with E-state index in [-0.39, 0.29) is 11.9 Å². The molecule has 0 aliphatic rings. The minimum Gasteiger partial charge on any atom is -0.340 e. The molecule has 0 aliphatic carbocycles. The number of hydrogen-bond donors (Lipinski definition) is 1. The first-order chi connectivity index (χ1) is 9.38. The SMILES string of the molecule is Cc1ccc(NC(=O)c2cc(Br)cn2C(C)C)cc1I. The fraction of sp³-hybridized carbons (Fsp3) is 0.267. The van der Waals surface area contributed by atoms with Gasteiger partial charge in [-0.05, 0) is 83.1 Å². The lowest BCUT2D eigenvalue weighted by atomic mass is 10.2. The molecule has 20 heavy (non-hydrogen) atoms. The summed E-state index contributed by atoms with van der Waals surface area (Å²) in [4.78, 5) is 12.4. The number of amides is 1. The molecule has 1 aromatic heterocycles. The maximum Gasteiger partial charge on any atom is 0.272 e. The van der Waals surface area contributed by atoms with Crippen molar-refractivity contribution < 1.29 is 4.79 Å². The molecule has 5 heteroatoms. The van der Waals surface area contributed by atoms with E-state index in [1.165, 1.54) is 5.56 Å². The van der Waals surface area contributed by atoms with Crippen LogP contribution in [0.5, 0.6) is 0 Å². The van der Waals surface area contributed by atoms with Gasteiger partial charge < -0.3 is 9.88 Å². The Kier molecular flexibility index (Phi) is 4.90. The van der Waals surface area contributed by atoms with Gasteiger partial charge in [-0.3, -0.25) is 4.79 Å². The maximum atomic E-state index is 12.4. The highest BCUT2D eigenvalue weighted by atomic mass is 127. The molecule has 0 radical (unpaired) electrons. The van der Waals surface area contributed by atoms with Gasteiger partial charge in [-0.15, -0.1) is 0 Å². The van der Waals surface area contributed by atoms with Crippen molar-refractivity contribution in [3.8, 4) is 0 Å². The minimum atomic E-state index is -0.0935. The van der Waals surface area contributed by atoms with E-state index in [4.69, 9.17) is 0 Å². The topological polar surface area (TPSA) is 34.0 Å². The number of anilines is 1. The summed E-state index contributed by atoms with van der Waals surface area (Å²) < 4.78 is 4.01. The summed E-state index contributed by atoms with van der Waals surface area (Å²) in [6.45, 7) is 6.16. The molecular weight excluding hydrogens is 431 g/mol. The summed E-state index contributed by atoms with van der Waals surface area (Å²) in [5.74, 6) is -0.0935. The number of aryl methyl sites for hydroxylation is 1. The standard InChI is InChI=1S/C15H16BrIN2O/c1-9(2)19-8-11(16)6-14(19)15(20)18-12-5-4-10(3)13(17)7-12/h4-9H,1-3H3,(H,18,20). The number of benzene rings is 1. The van der Waals surface area contributed by atoms with Gasteiger partial charge in [-0.1, -0.05) is 6.07 Å². The van der Waals surface area contributed by atoms with Crippen LogP contribution in [0.2, 0.25) is 0 Å². The summed E-state index contributed by atoms with van der Waals surface area (Å²) in [7, 11) is 0. The Morgan fingerprint density at radius 2 is 2.05 bits per heavy atom. The predicted octanol–water partition coefficient (Wildman–Crippen LogP) is 5.00. The van der Waals surface area contributed by atoms with Crippen LogP contribution in [0, 0.1) is 10.5 Å². The first kappa shape index (κ1) is 15.6. The molecule has 1 heterocycles. The number of carbonyl (C=O) groups is 1. The molecule has 0 bridgehead atoms. The predicted molar refractivity (Wildman–Crippen MR) is 94.4 cm³/mol. The van der Waals surface area contributed by atoms with Gasteiger partial charge in [0, 0.05) is 26.0 Å². The summed E-state index contributed by atoms with van der Waals surface area (Å²) in [5.41, 5.74) is 2.68. The van der Waals surface area contributed by atoms with Crippen molar-refractivity contribution in [3.05, 3.63) is 49.8 Å². The summed E-state index contributed by atoms with van der Waals surface area (Å²) >= 11 is 5.69. The average molecular weight is 447 g/mol. The first-order valence-electron chi connectivity index (χ1n) is 6.33. The zero-order valence-electron chi connectivity index (χ0n) is 11.6. The Morgan fingerprint density at radius 1 is 1.35 bits per heavy atom. The van der Waals surface area contributed by atoms with E-state index in [1.54, 1.807) is 0 Å². The number of nitrogens with zero attached hydrogens (tertiary/aromatic N) is 1. The molecule has 0 saturated heterocycles. The average Bonchev–Trinajstić information content (AvgIpc) is 2.76. The van der Waals surface area contributed by atoms with Crippen LogP contribution in [0.1, 0.15) is 35.9 Å². The summed E-state index contributed by atoms with van der Waals surface area (Å²) in [6, 6.07) is 7.99. The molecule has 1 aromatic carbocycles. The lowest BCUT2D eigenvalue weighted by Crippen LogP contribution is -2.17. The minimum absolute atomic E-state index is 0.0935. The van der Waals surface area contributed by atoms with E-state index < -0.39 is 0 Å². The zero-order valence-corrected chi connectivity index (χ0v) is 15.3. The molecule has 2 rings (SSSR count). The second kappa shape index (κ2) is 6.30. The summed E-state index contributed by atoms with van der Waals surface area (Å²) in [6.07, 6.45) is 1.93. The third-order valence-electron chi connectivity index (χ3n) is 3.03. The van der Waals surface area contributed by atoms with Crippen LogP contribution >= 0.6 is 38.5 Å². The highest BCUT2D eigenvalue weighted by Crippen LogP contribution is 2.22. The van der Waals surface area contributed by atoms with E-state index in [1.807, 2.05) is 35.0 Å². The Bertz CT molecular complexity index is 649. The van der Waals surface area contributed by atoms with Crippen LogP contribution in [-0.4, -0.2) is 10.5 Å². The van der Waals surface area contributed by atoms with Gasteiger partial charge >= 0.3 is 0 Å². The van der Waals surface area contributed by atoms with Gasteiger partial charge in [0.1, 0.15) is 5.69 Å². The van der Waals surface area contributed by atoms with Crippen LogP contribution in [0.25, 0.3) is 0 Å². The molecule has 0 aliphatic heterocycles. The smallest absolute Gasteiger partial charge is 0.272 e. The third-order valence-corrected chi connectivity index (χ3v) is 4.63. The van der Waals surface area contributed by atoms with Gasteiger partial charge in [0.05, 0.1) is 0 Å². The van der Waals surface area contributed by atoms with E-state index in [0.29, 0.717) is 5.69 Å². The highest BCUT2D eigenvalue weighted by molar-refractivity contribution is 14.1. The molecule has 3 nitrogen and oxygen atoms in total. The Morgan fingerprint density at radius 3 is 2.65 bits per heavy atom. The van der Waals surface area contributed by atoms with Crippen LogP contribution in [0.3, 0.4) is 0 Å². The number of hydrogen-bond acceptors (Lipinski definition) is 1. The Balaban J connectivity index is 2.26. The quantitative estimate of drug-likeness (QED) is 0.661.